The monoisotopic (exact) mass is 276 g/mol. The van der Waals surface area contributed by atoms with E-state index >= 15 is 0 Å². The van der Waals surface area contributed by atoms with Crippen LogP contribution in [0.3, 0.4) is 0 Å². The maximum Gasteiger partial charge on any atom is 0.311 e. The lowest BCUT2D eigenvalue weighted by atomic mass is 10.2. The van der Waals surface area contributed by atoms with Crippen LogP contribution >= 0.6 is 0 Å². The minimum atomic E-state index is -0.523. The van der Waals surface area contributed by atoms with Crippen LogP contribution in [-0.2, 0) is 0 Å². The van der Waals surface area contributed by atoms with Crippen molar-refractivity contribution in [3.05, 3.63) is 51.8 Å². The highest BCUT2D eigenvalue weighted by atomic mass is 19.1. The molecule has 0 aliphatic carbocycles. The first kappa shape index (κ1) is 13.7. The fraction of sp³-hybridized carbons (Fsp3) is 0.154. The summed E-state index contributed by atoms with van der Waals surface area (Å²) in [6.07, 6.45) is 0. The summed E-state index contributed by atoms with van der Waals surface area (Å²) in [6.45, 7) is 1.62. The first-order valence-corrected chi connectivity index (χ1v) is 5.87. The molecule has 0 spiro atoms. The maximum absolute atomic E-state index is 13.2. The van der Waals surface area contributed by atoms with E-state index in [4.69, 9.17) is 0 Å². The molecule has 0 fully saturated rings. The predicted molar refractivity (Wildman–Crippen MR) is 74.9 cm³/mol. The predicted octanol–water partition coefficient (Wildman–Crippen LogP) is 3.22. The highest BCUT2D eigenvalue weighted by Crippen LogP contribution is 2.27. The van der Waals surface area contributed by atoms with Crippen molar-refractivity contribution in [1.82, 2.24) is 4.98 Å². The second-order valence-corrected chi connectivity index (χ2v) is 4.16. The van der Waals surface area contributed by atoms with Crippen molar-refractivity contribution >= 4 is 23.0 Å². The smallest absolute Gasteiger partial charge is 0.311 e. The lowest BCUT2D eigenvalue weighted by Gasteiger charge is -2.09. The lowest BCUT2D eigenvalue weighted by molar-refractivity contribution is -0.384. The van der Waals surface area contributed by atoms with Crippen molar-refractivity contribution in [2.45, 2.75) is 6.92 Å². The number of nitro groups is 1. The molecule has 2 N–H and O–H groups in total. The summed E-state index contributed by atoms with van der Waals surface area (Å²) < 4.78 is 13.2. The molecular weight excluding hydrogens is 263 g/mol. The number of aromatic nitrogens is 1. The quantitative estimate of drug-likeness (QED) is 0.662. The average molecular weight is 276 g/mol. The van der Waals surface area contributed by atoms with Crippen molar-refractivity contribution in [2.75, 3.05) is 17.7 Å². The molecular formula is C13H13FN4O2. The van der Waals surface area contributed by atoms with Crippen molar-refractivity contribution in [2.24, 2.45) is 0 Å². The Kier molecular flexibility index (Phi) is 3.79. The van der Waals surface area contributed by atoms with Crippen LogP contribution in [0.15, 0.2) is 30.3 Å². The number of pyridine rings is 1. The van der Waals surface area contributed by atoms with Crippen LogP contribution in [0.25, 0.3) is 0 Å². The van der Waals surface area contributed by atoms with E-state index in [1.54, 1.807) is 20.0 Å². The van der Waals surface area contributed by atoms with Gasteiger partial charge in [0, 0.05) is 18.8 Å². The van der Waals surface area contributed by atoms with E-state index in [2.05, 4.69) is 15.6 Å². The van der Waals surface area contributed by atoms with E-state index in [0.717, 1.165) is 0 Å². The Bertz CT molecular complexity index is 661. The zero-order valence-corrected chi connectivity index (χ0v) is 11.0. The standard InChI is InChI=1S/C13H13FN4O2/c1-8-7-9(3-4-10(8)14)16-13-11(18(19)20)5-6-12(15-2)17-13/h3-7H,1-2H3,(H2,15,16,17). The van der Waals surface area contributed by atoms with Crippen LogP contribution in [0.5, 0.6) is 0 Å². The summed E-state index contributed by atoms with van der Waals surface area (Å²) in [5.41, 5.74) is 0.834. The number of hydrogen-bond donors (Lipinski definition) is 2. The minimum absolute atomic E-state index is 0.104. The van der Waals surface area contributed by atoms with Gasteiger partial charge in [0.2, 0.25) is 5.82 Å². The SMILES string of the molecule is CNc1ccc([N+](=O)[O-])c(Nc2ccc(F)c(C)c2)n1. The first-order chi connectivity index (χ1) is 9.51. The molecule has 0 amide bonds. The molecule has 104 valence electrons. The van der Waals surface area contributed by atoms with E-state index in [0.29, 0.717) is 17.1 Å². The van der Waals surface area contributed by atoms with Crippen molar-refractivity contribution in [3.8, 4) is 0 Å². The van der Waals surface area contributed by atoms with Gasteiger partial charge in [-0.3, -0.25) is 10.1 Å². The Balaban J connectivity index is 2.40. The fourth-order valence-corrected chi connectivity index (χ4v) is 1.69. The molecule has 0 unspecified atom stereocenters. The Hall–Kier alpha value is -2.70. The number of halogens is 1. The fourth-order valence-electron chi connectivity index (χ4n) is 1.69. The molecule has 1 aromatic carbocycles. The molecule has 0 radical (unpaired) electrons. The van der Waals surface area contributed by atoms with Gasteiger partial charge in [-0.15, -0.1) is 0 Å². The Morgan fingerprint density at radius 3 is 2.65 bits per heavy atom. The van der Waals surface area contributed by atoms with Crippen LogP contribution in [-0.4, -0.2) is 17.0 Å². The van der Waals surface area contributed by atoms with Crippen LogP contribution in [0, 0.1) is 22.9 Å². The minimum Gasteiger partial charge on any atom is -0.373 e. The largest absolute Gasteiger partial charge is 0.373 e. The molecule has 6 nitrogen and oxygen atoms in total. The second kappa shape index (κ2) is 5.52. The highest BCUT2D eigenvalue weighted by Gasteiger charge is 2.16. The number of rotatable bonds is 4. The molecule has 0 aliphatic rings. The molecule has 0 saturated heterocycles. The van der Waals surface area contributed by atoms with Crippen molar-refractivity contribution in [3.63, 3.8) is 0 Å². The third kappa shape index (κ3) is 2.82. The van der Waals surface area contributed by atoms with Gasteiger partial charge in [0.05, 0.1) is 4.92 Å². The summed E-state index contributed by atoms with van der Waals surface area (Å²) >= 11 is 0. The molecule has 0 bridgehead atoms. The number of nitrogens with zero attached hydrogens (tertiary/aromatic N) is 2. The van der Waals surface area contributed by atoms with E-state index < -0.39 is 4.92 Å². The molecule has 20 heavy (non-hydrogen) atoms. The zero-order chi connectivity index (χ0) is 14.7. The Morgan fingerprint density at radius 2 is 2.05 bits per heavy atom. The van der Waals surface area contributed by atoms with Crippen molar-refractivity contribution < 1.29 is 9.31 Å². The van der Waals surface area contributed by atoms with E-state index in [1.165, 1.54) is 24.3 Å². The number of nitrogens with one attached hydrogen (secondary N) is 2. The number of hydrogen-bond acceptors (Lipinski definition) is 5. The van der Waals surface area contributed by atoms with Crippen LogP contribution in [0.2, 0.25) is 0 Å². The topological polar surface area (TPSA) is 80.1 Å². The number of aryl methyl sites for hydroxylation is 1. The summed E-state index contributed by atoms with van der Waals surface area (Å²) in [4.78, 5) is 14.6. The van der Waals surface area contributed by atoms with Gasteiger partial charge in [-0.2, -0.15) is 0 Å². The van der Waals surface area contributed by atoms with E-state index in [-0.39, 0.29) is 17.3 Å². The van der Waals surface area contributed by atoms with E-state index in [9.17, 15) is 14.5 Å². The average Bonchev–Trinajstić information content (AvgIpc) is 2.42. The number of anilines is 3. The molecule has 0 aliphatic heterocycles. The van der Waals surface area contributed by atoms with Gasteiger partial charge in [0.25, 0.3) is 0 Å². The van der Waals surface area contributed by atoms with E-state index in [1.807, 2.05) is 0 Å². The molecule has 1 heterocycles. The van der Waals surface area contributed by atoms with Gasteiger partial charge >= 0.3 is 5.69 Å². The number of benzene rings is 1. The van der Waals surface area contributed by atoms with Gasteiger partial charge < -0.3 is 10.6 Å². The molecule has 1 aromatic heterocycles. The maximum atomic E-state index is 13.2. The Morgan fingerprint density at radius 1 is 1.30 bits per heavy atom. The van der Waals surface area contributed by atoms with Crippen LogP contribution < -0.4 is 10.6 Å². The molecule has 2 rings (SSSR count). The van der Waals surface area contributed by atoms with Gasteiger partial charge in [-0.25, -0.2) is 9.37 Å². The summed E-state index contributed by atoms with van der Waals surface area (Å²) in [6, 6.07) is 7.23. The van der Waals surface area contributed by atoms with Gasteiger partial charge in [-0.05, 0) is 36.8 Å². The van der Waals surface area contributed by atoms with Gasteiger partial charge in [-0.1, -0.05) is 0 Å². The normalized spacial score (nSPS) is 10.2. The van der Waals surface area contributed by atoms with Gasteiger partial charge in [0.1, 0.15) is 11.6 Å². The van der Waals surface area contributed by atoms with Crippen LogP contribution in [0.4, 0.5) is 27.4 Å². The summed E-state index contributed by atoms with van der Waals surface area (Å²) in [5.74, 6) is 0.270. The molecule has 0 saturated carbocycles. The first-order valence-electron chi connectivity index (χ1n) is 5.87. The third-order valence-corrected chi connectivity index (χ3v) is 2.75. The summed E-state index contributed by atoms with van der Waals surface area (Å²) in [5, 5.41) is 16.6. The Labute approximate surface area is 114 Å². The zero-order valence-electron chi connectivity index (χ0n) is 11.0. The summed E-state index contributed by atoms with van der Waals surface area (Å²) in [7, 11) is 1.67. The lowest BCUT2D eigenvalue weighted by Crippen LogP contribution is -2.02. The molecule has 0 atom stereocenters. The van der Waals surface area contributed by atoms with Crippen LogP contribution in [0.1, 0.15) is 5.56 Å². The molecule has 7 heteroatoms. The second-order valence-electron chi connectivity index (χ2n) is 4.16. The van der Waals surface area contributed by atoms with Gasteiger partial charge in [0.15, 0.2) is 0 Å². The molecule has 2 aromatic rings. The highest BCUT2D eigenvalue weighted by molar-refractivity contribution is 5.68. The third-order valence-electron chi connectivity index (χ3n) is 2.75. The van der Waals surface area contributed by atoms with Crippen molar-refractivity contribution in [1.29, 1.82) is 0 Å².